The third-order valence-electron chi connectivity index (χ3n) is 5.16. The lowest BCUT2D eigenvalue weighted by Crippen LogP contribution is -2.41. The van der Waals surface area contributed by atoms with Crippen molar-refractivity contribution in [2.75, 3.05) is 32.8 Å². The van der Waals surface area contributed by atoms with Gasteiger partial charge in [-0.25, -0.2) is 23.5 Å². The van der Waals surface area contributed by atoms with E-state index >= 15 is 0 Å². The molecule has 3 rings (SSSR count). The molecular formula is C23H29F2N3O3. The van der Waals surface area contributed by atoms with Crippen molar-refractivity contribution in [1.29, 1.82) is 0 Å². The lowest BCUT2D eigenvalue weighted by atomic mass is 9.97. The van der Waals surface area contributed by atoms with Crippen molar-refractivity contribution < 1.29 is 23.0 Å². The average molecular weight is 433 g/mol. The second-order valence-electron chi connectivity index (χ2n) is 8.40. The van der Waals surface area contributed by atoms with Crippen LogP contribution in [0.4, 0.5) is 8.78 Å². The Bertz CT molecular complexity index is 877. The van der Waals surface area contributed by atoms with E-state index in [2.05, 4.69) is 14.9 Å². The SMILES string of the molecule is CCOC(=O)c1ccc(-c2cnc(OCC3CCN(CC(C)(C)F)CC3)cn2)cc1F. The molecule has 1 aromatic carbocycles. The highest BCUT2D eigenvalue weighted by molar-refractivity contribution is 5.90. The van der Waals surface area contributed by atoms with Gasteiger partial charge in [0.15, 0.2) is 0 Å². The molecule has 168 valence electrons. The first kappa shape index (κ1) is 23.1. The van der Waals surface area contributed by atoms with Crippen molar-refractivity contribution in [1.82, 2.24) is 14.9 Å². The van der Waals surface area contributed by atoms with Crippen LogP contribution in [0.15, 0.2) is 30.6 Å². The number of carbonyl (C=O) groups is 1. The van der Waals surface area contributed by atoms with Gasteiger partial charge in [0.2, 0.25) is 5.88 Å². The van der Waals surface area contributed by atoms with Crippen LogP contribution in [0.3, 0.4) is 0 Å². The van der Waals surface area contributed by atoms with Gasteiger partial charge in [0, 0.05) is 12.1 Å². The van der Waals surface area contributed by atoms with Crippen molar-refractivity contribution >= 4 is 5.97 Å². The number of esters is 1. The molecule has 8 heteroatoms. The number of alkyl halides is 1. The highest BCUT2D eigenvalue weighted by Crippen LogP contribution is 2.23. The summed E-state index contributed by atoms with van der Waals surface area (Å²) in [6.45, 7) is 7.76. The molecule has 31 heavy (non-hydrogen) atoms. The molecule has 1 aliphatic heterocycles. The van der Waals surface area contributed by atoms with Gasteiger partial charge in [-0.3, -0.25) is 0 Å². The monoisotopic (exact) mass is 433 g/mol. The summed E-state index contributed by atoms with van der Waals surface area (Å²) in [7, 11) is 0. The Morgan fingerprint density at radius 1 is 1.23 bits per heavy atom. The number of halogens is 2. The van der Waals surface area contributed by atoms with Crippen LogP contribution >= 0.6 is 0 Å². The van der Waals surface area contributed by atoms with Gasteiger partial charge in [-0.05, 0) is 64.8 Å². The molecule has 0 aliphatic carbocycles. The molecule has 1 fully saturated rings. The summed E-state index contributed by atoms with van der Waals surface area (Å²) in [6, 6.07) is 4.22. The van der Waals surface area contributed by atoms with Crippen LogP contribution in [0.1, 0.15) is 44.0 Å². The smallest absolute Gasteiger partial charge is 0.341 e. The van der Waals surface area contributed by atoms with Crippen LogP contribution in [-0.4, -0.2) is 59.4 Å². The molecule has 1 aromatic heterocycles. The minimum Gasteiger partial charge on any atom is -0.476 e. The van der Waals surface area contributed by atoms with Crippen molar-refractivity contribution in [2.24, 2.45) is 5.92 Å². The van der Waals surface area contributed by atoms with E-state index in [9.17, 15) is 13.6 Å². The first-order valence-electron chi connectivity index (χ1n) is 10.6. The normalized spacial score (nSPS) is 15.6. The fourth-order valence-electron chi connectivity index (χ4n) is 3.63. The summed E-state index contributed by atoms with van der Waals surface area (Å²) in [5.41, 5.74) is -0.306. The van der Waals surface area contributed by atoms with Crippen molar-refractivity contribution in [2.45, 2.75) is 39.3 Å². The molecule has 0 unspecified atom stereocenters. The quantitative estimate of drug-likeness (QED) is 0.579. The van der Waals surface area contributed by atoms with Gasteiger partial charge in [-0.1, -0.05) is 6.07 Å². The van der Waals surface area contributed by atoms with Crippen LogP contribution in [0.2, 0.25) is 0 Å². The highest BCUT2D eigenvalue weighted by atomic mass is 19.1. The lowest BCUT2D eigenvalue weighted by molar-refractivity contribution is 0.0521. The fraction of sp³-hybridized carbons (Fsp3) is 0.522. The third-order valence-corrected chi connectivity index (χ3v) is 5.16. The first-order valence-corrected chi connectivity index (χ1v) is 10.6. The molecule has 2 heterocycles. The fourth-order valence-corrected chi connectivity index (χ4v) is 3.63. The summed E-state index contributed by atoms with van der Waals surface area (Å²) in [5.74, 6) is -0.564. The molecule has 1 aliphatic rings. The van der Waals surface area contributed by atoms with Crippen molar-refractivity contribution in [3.8, 4) is 17.1 Å². The number of hydrogen-bond acceptors (Lipinski definition) is 6. The van der Waals surface area contributed by atoms with Gasteiger partial charge < -0.3 is 14.4 Å². The molecule has 0 atom stereocenters. The Morgan fingerprint density at radius 3 is 2.55 bits per heavy atom. The number of benzene rings is 1. The zero-order valence-electron chi connectivity index (χ0n) is 18.2. The van der Waals surface area contributed by atoms with E-state index in [4.69, 9.17) is 9.47 Å². The second kappa shape index (κ2) is 10.1. The van der Waals surface area contributed by atoms with E-state index in [1.54, 1.807) is 26.8 Å². The van der Waals surface area contributed by atoms with Crippen LogP contribution in [0.25, 0.3) is 11.3 Å². The molecule has 0 amide bonds. The zero-order chi connectivity index (χ0) is 22.4. The van der Waals surface area contributed by atoms with Gasteiger partial charge in [-0.15, -0.1) is 0 Å². The minimum atomic E-state index is -1.18. The molecule has 6 nitrogen and oxygen atoms in total. The molecule has 0 radical (unpaired) electrons. The number of piperidine rings is 1. The van der Waals surface area contributed by atoms with E-state index in [0.29, 0.717) is 36.2 Å². The van der Waals surface area contributed by atoms with Crippen LogP contribution in [0, 0.1) is 11.7 Å². The predicted molar refractivity (Wildman–Crippen MR) is 113 cm³/mol. The molecular weight excluding hydrogens is 404 g/mol. The Morgan fingerprint density at radius 2 is 1.97 bits per heavy atom. The first-order chi connectivity index (χ1) is 14.7. The Balaban J connectivity index is 1.52. The van der Waals surface area contributed by atoms with Gasteiger partial charge in [-0.2, -0.15) is 0 Å². The minimum absolute atomic E-state index is 0.111. The van der Waals surface area contributed by atoms with E-state index < -0.39 is 17.5 Å². The zero-order valence-corrected chi connectivity index (χ0v) is 18.2. The van der Waals surface area contributed by atoms with Crippen molar-refractivity contribution in [3.05, 3.63) is 42.0 Å². The Labute approximate surface area is 181 Å². The summed E-state index contributed by atoms with van der Waals surface area (Å²) >= 11 is 0. The largest absolute Gasteiger partial charge is 0.476 e. The van der Waals surface area contributed by atoms with Crippen LogP contribution < -0.4 is 4.74 Å². The maximum absolute atomic E-state index is 14.2. The second-order valence-corrected chi connectivity index (χ2v) is 8.40. The summed E-state index contributed by atoms with van der Waals surface area (Å²) in [5, 5.41) is 0. The van der Waals surface area contributed by atoms with E-state index in [-0.39, 0.29) is 12.2 Å². The third kappa shape index (κ3) is 6.69. The lowest BCUT2D eigenvalue weighted by Gasteiger charge is -2.34. The van der Waals surface area contributed by atoms with E-state index in [1.165, 1.54) is 24.5 Å². The molecule has 1 saturated heterocycles. The van der Waals surface area contributed by atoms with E-state index in [0.717, 1.165) is 25.9 Å². The van der Waals surface area contributed by atoms with Gasteiger partial charge >= 0.3 is 5.97 Å². The van der Waals surface area contributed by atoms with Gasteiger partial charge in [0.1, 0.15) is 11.5 Å². The molecule has 0 bridgehead atoms. The molecule has 2 aromatic rings. The molecule has 0 N–H and O–H groups in total. The summed E-state index contributed by atoms with van der Waals surface area (Å²) < 4.78 is 38.6. The van der Waals surface area contributed by atoms with E-state index in [1.807, 2.05) is 0 Å². The maximum Gasteiger partial charge on any atom is 0.341 e. The number of nitrogens with zero attached hydrogens (tertiary/aromatic N) is 3. The summed E-state index contributed by atoms with van der Waals surface area (Å²) in [4.78, 5) is 22.4. The van der Waals surface area contributed by atoms with Gasteiger partial charge in [0.05, 0.1) is 36.9 Å². The van der Waals surface area contributed by atoms with Gasteiger partial charge in [0.25, 0.3) is 0 Å². The number of hydrogen-bond donors (Lipinski definition) is 0. The number of aromatic nitrogens is 2. The Kier molecular flexibility index (Phi) is 7.54. The highest BCUT2D eigenvalue weighted by Gasteiger charge is 2.25. The topological polar surface area (TPSA) is 64.6 Å². The van der Waals surface area contributed by atoms with Crippen molar-refractivity contribution in [3.63, 3.8) is 0 Å². The number of rotatable bonds is 8. The number of likely N-dealkylation sites (tertiary alicyclic amines) is 1. The summed E-state index contributed by atoms with van der Waals surface area (Å²) in [6.07, 6.45) is 4.93. The standard InChI is InChI=1S/C23H29F2N3O3/c1-4-30-22(29)18-6-5-17(11-19(18)24)20-12-27-21(13-26-20)31-14-16-7-9-28(10-8-16)15-23(2,3)25/h5-6,11-13,16H,4,7-10,14-15H2,1-3H3. The Hall–Kier alpha value is -2.61. The number of ether oxygens (including phenoxy) is 2. The maximum atomic E-state index is 14.2. The number of carbonyl (C=O) groups excluding carboxylic acids is 1. The molecule has 0 spiro atoms. The molecule has 0 saturated carbocycles. The van der Waals surface area contributed by atoms with Crippen LogP contribution in [-0.2, 0) is 4.74 Å². The average Bonchev–Trinajstić information content (AvgIpc) is 2.72. The predicted octanol–water partition coefficient (Wildman–Crippen LogP) is 4.30. The van der Waals surface area contributed by atoms with Crippen LogP contribution in [0.5, 0.6) is 5.88 Å².